The van der Waals surface area contributed by atoms with E-state index in [-0.39, 0.29) is 0 Å². The monoisotopic (exact) mass is 153 g/mol. The maximum Gasteiger partial charge on any atom is 0.0297 e. The molecule has 1 saturated carbocycles. The van der Waals surface area contributed by atoms with E-state index < -0.39 is 0 Å². The maximum atomic E-state index is 3.89. The Morgan fingerprint density at radius 3 is 2.27 bits per heavy atom. The Morgan fingerprint density at radius 1 is 1.36 bits per heavy atom. The average molecular weight is 153 g/mol. The summed E-state index contributed by atoms with van der Waals surface area (Å²) in [5, 5.41) is 0. The van der Waals surface area contributed by atoms with Gasteiger partial charge in [-0.25, -0.2) is 0 Å². The molecule has 0 heterocycles. The Kier molecular flexibility index (Phi) is 3.13. The van der Waals surface area contributed by atoms with Crippen LogP contribution in [-0.2, 0) is 0 Å². The van der Waals surface area contributed by atoms with Crippen LogP contribution in [-0.4, -0.2) is 25.0 Å². The maximum absolute atomic E-state index is 3.89. The normalized spacial score (nSPS) is 22.5. The second-order valence-electron chi connectivity index (χ2n) is 3.73. The van der Waals surface area contributed by atoms with Gasteiger partial charge in [-0.15, -0.1) is 6.58 Å². The highest BCUT2D eigenvalue weighted by atomic mass is 15.1. The first kappa shape index (κ1) is 8.79. The zero-order valence-electron chi connectivity index (χ0n) is 7.71. The summed E-state index contributed by atoms with van der Waals surface area (Å²) in [5.41, 5.74) is 0. The average Bonchev–Trinajstić information content (AvgIpc) is 2.40. The SMILES string of the molecule is C=CC(C1CCCC1)N(C)C. The van der Waals surface area contributed by atoms with Crippen molar-refractivity contribution >= 4 is 0 Å². The topological polar surface area (TPSA) is 3.24 Å². The molecule has 0 aliphatic heterocycles. The van der Waals surface area contributed by atoms with Gasteiger partial charge in [-0.2, -0.15) is 0 Å². The van der Waals surface area contributed by atoms with E-state index in [0.717, 1.165) is 5.92 Å². The fourth-order valence-electron chi connectivity index (χ4n) is 2.12. The Labute approximate surface area is 70.1 Å². The molecule has 0 spiro atoms. The molecule has 0 aromatic carbocycles. The van der Waals surface area contributed by atoms with Gasteiger partial charge in [0, 0.05) is 6.04 Å². The van der Waals surface area contributed by atoms with Gasteiger partial charge in [-0.05, 0) is 32.9 Å². The lowest BCUT2D eigenvalue weighted by atomic mass is 9.97. The highest BCUT2D eigenvalue weighted by Crippen LogP contribution is 2.29. The molecule has 1 unspecified atom stereocenters. The van der Waals surface area contributed by atoms with Gasteiger partial charge in [0.2, 0.25) is 0 Å². The van der Waals surface area contributed by atoms with Crippen LogP contribution < -0.4 is 0 Å². The summed E-state index contributed by atoms with van der Waals surface area (Å²) in [6.07, 6.45) is 7.73. The molecular weight excluding hydrogens is 134 g/mol. The summed E-state index contributed by atoms with van der Waals surface area (Å²) in [6.45, 7) is 3.89. The molecule has 0 aromatic rings. The van der Waals surface area contributed by atoms with E-state index in [1.165, 1.54) is 25.7 Å². The molecular formula is C10H19N. The van der Waals surface area contributed by atoms with E-state index in [1.54, 1.807) is 0 Å². The summed E-state index contributed by atoms with van der Waals surface area (Å²) in [5.74, 6) is 0.877. The predicted octanol–water partition coefficient (Wildman–Crippen LogP) is 2.29. The molecule has 1 atom stereocenters. The largest absolute Gasteiger partial charge is 0.303 e. The first-order valence-corrected chi connectivity index (χ1v) is 4.54. The quantitative estimate of drug-likeness (QED) is 0.562. The van der Waals surface area contributed by atoms with Crippen LogP contribution in [0.15, 0.2) is 12.7 Å². The second-order valence-corrected chi connectivity index (χ2v) is 3.73. The standard InChI is InChI=1S/C10H19N/c1-4-10(11(2)3)9-7-5-6-8-9/h4,9-10H,1,5-8H2,2-3H3. The molecule has 0 bridgehead atoms. The molecule has 0 amide bonds. The van der Waals surface area contributed by atoms with Gasteiger partial charge in [0.05, 0.1) is 0 Å². The number of hydrogen-bond donors (Lipinski definition) is 0. The van der Waals surface area contributed by atoms with Crippen LogP contribution >= 0.6 is 0 Å². The molecule has 0 N–H and O–H groups in total. The first-order chi connectivity index (χ1) is 5.25. The van der Waals surface area contributed by atoms with Gasteiger partial charge in [0.25, 0.3) is 0 Å². The molecule has 1 aliphatic rings. The minimum atomic E-state index is 0.609. The molecule has 64 valence electrons. The van der Waals surface area contributed by atoms with Crippen molar-refractivity contribution in [2.24, 2.45) is 5.92 Å². The van der Waals surface area contributed by atoms with Gasteiger partial charge < -0.3 is 4.90 Å². The van der Waals surface area contributed by atoms with Gasteiger partial charge in [0.1, 0.15) is 0 Å². The highest BCUT2D eigenvalue weighted by molar-refractivity contribution is 4.92. The first-order valence-electron chi connectivity index (χ1n) is 4.54. The number of likely N-dealkylation sites (N-methyl/N-ethyl adjacent to an activating group) is 1. The summed E-state index contributed by atoms with van der Waals surface area (Å²) in [6, 6.07) is 0.609. The smallest absolute Gasteiger partial charge is 0.0297 e. The second kappa shape index (κ2) is 3.91. The fourth-order valence-corrected chi connectivity index (χ4v) is 2.12. The minimum Gasteiger partial charge on any atom is -0.303 e. The Bertz CT molecular complexity index is 123. The van der Waals surface area contributed by atoms with Crippen molar-refractivity contribution in [2.75, 3.05) is 14.1 Å². The lowest BCUT2D eigenvalue weighted by molar-refractivity contribution is 0.257. The van der Waals surface area contributed by atoms with Crippen molar-refractivity contribution < 1.29 is 0 Å². The highest BCUT2D eigenvalue weighted by Gasteiger charge is 2.23. The number of hydrogen-bond acceptors (Lipinski definition) is 1. The molecule has 0 saturated heterocycles. The summed E-state index contributed by atoms with van der Waals surface area (Å²) in [4.78, 5) is 2.28. The molecule has 1 heteroatoms. The van der Waals surface area contributed by atoms with Crippen molar-refractivity contribution in [3.8, 4) is 0 Å². The zero-order valence-corrected chi connectivity index (χ0v) is 7.71. The molecule has 1 fully saturated rings. The zero-order chi connectivity index (χ0) is 8.27. The van der Waals surface area contributed by atoms with Gasteiger partial charge >= 0.3 is 0 Å². The van der Waals surface area contributed by atoms with Crippen LogP contribution in [0.1, 0.15) is 25.7 Å². The third kappa shape index (κ3) is 2.06. The van der Waals surface area contributed by atoms with E-state index >= 15 is 0 Å². The van der Waals surface area contributed by atoms with Crippen molar-refractivity contribution in [3.05, 3.63) is 12.7 Å². The van der Waals surface area contributed by atoms with E-state index in [4.69, 9.17) is 0 Å². The van der Waals surface area contributed by atoms with Crippen LogP contribution in [0.25, 0.3) is 0 Å². The van der Waals surface area contributed by atoms with E-state index in [1.807, 2.05) is 0 Å². The fraction of sp³-hybridized carbons (Fsp3) is 0.800. The Balaban J connectivity index is 2.46. The summed E-state index contributed by atoms with van der Waals surface area (Å²) >= 11 is 0. The third-order valence-corrected chi connectivity index (χ3v) is 2.72. The number of rotatable bonds is 3. The van der Waals surface area contributed by atoms with Crippen molar-refractivity contribution in [1.82, 2.24) is 4.90 Å². The molecule has 0 radical (unpaired) electrons. The Morgan fingerprint density at radius 2 is 1.91 bits per heavy atom. The van der Waals surface area contributed by atoms with E-state index in [0.29, 0.717) is 6.04 Å². The van der Waals surface area contributed by atoms with Crippen molar-refractivity contribution in [3.63, 3.8) is 0 Å². The van der Waals surface area contributed by atoms with E-state index in [2.05, 4.69) is 31.7 Å². The molecule has 1 nitrogen and oxygen atoms in total. The van der Waals surface area contributed by atoms with Crippen LogP contribution in [0.5, 0.6) is 0 Å². The summed E-state index contributed by atoms with van der Waals surface area (Å²) < 4.78 is 0. The lowest BCUT2D eigenvalue weighted by Crippen LogP contribution is -2.31. The van der Waals surface area contributed by atoms with Gasteiger partial charge in [0.15, 0.2) is 0 Å². The summed E-state index contributed by atoms with van der Waals surface area (Å²) in [7, 11) is 4.29. The van der Waals surface area contributed by atoms with Gasteiger partial charge in [-0.3, -0.25) is 0 Å². The van der Waals surface area contributed by atoms with Crippen LogP contribution in [0.3, 0.4) is 0 Å². The van der Waals surface area contributed by atoms with Crippen LogP contribution in [0.2, 0.25) is 0 Å². The molecule has 1 aliphatic carbocycles. The van der Waals surface area contributed by atoms with Crippen LogP contribution in [0, 0.1) is 5.92 Å². The van der Waals surface area contributed by atoms with Crippen LogP contribution in [0.4, 0.5) is 0 Å². The molecule has 0 aromatic heterocycles. The number of nitrogens with zero attached hydrogens (tertiary/aromatic N) is 1. The third-order valence-electron chi connectivity index (χ3n) is 2.72. The van der Waals surface area contributed by atoms with Crippen molar-refractivity contribution in [2.45, 2.75) is 31.7 Å². The predicted molar refractivity (Wildman–Crippen MR) is 49.6 cm³/mol. The molecule has 1 rings (SSSR count). The lowest BCUT2D eigenvalue weighted by Gasteiger charge is -2.26. The Hall–Kier alpha value is -0.300. The minimum absolute atomic E-state index is 0.609. The van der Waals surface area contributed by atoms with Gasteiger partial charge in [-0.1, -0.05) is 18.9 Å². The van der Waals surface area contributed by atoms with E-state index in [9.17, 15) is 0 Å². The van der Waals surface area contributed by atoms with Crippen molar-refractivity contribution in [1.29, 1.82) is 0 Å². The molecule has 11 heavy (non-hydrogen) atoms.